The molecule has 0 unspecified atom stereocenters. The van der Waals surface area contributed by atoms with E-state index >= 15 is 0 Å². The van der Waals surface area contributed by atoms with E-state index in [4.69, 9.17) is 11.1 Å². The Hall–Kier alpha value is -1.82. The molecule has 1 aliphatic heterocycles. The monoisotopic (exact) mass is 301 g/mol. The van der Waals surface area contributed by atoms with Gasteiger partial charge in [-0.3, -0.25) is 5.41 Å². The molecule has 0 atom stereocenters. The van der Waals surface area contributed by atoms with Gasteiger partial charge in [0.1, 0.15) is 11.7 Å². The number of fused-ring (bicyclic) bond motifs is 1. The standard InChI is InChI=1S/C15H19N5S/c1-10-6-7-11(14(16)17)12(9-10)21-15-19-18-13-5-3-2-4-8-20(13)15/h6-7,9H,2-5,8H2,1H3,(H3,16,17). The second-order valence-electron chi connectivity index (χ2n) is 5.38. The first-order valence-corrected chi connectivity index (χ1v) is 8.02. The van der Waals surface area contributed by atoms with Gasteiger partial charge in [-0.2, -0.15) is 0 Å². The molecule has 3 N–H and O–H groups in total. The lowest BCUT2D eigenvalue weighted by Gasteiger charge is -2.10. The lowest BCUT2D eigenvalue weighted by atomic mass is 10.1. The van der Waals surface area contributed by atoms with Crippen molar-refractivity contribution in [3.05, 3.63) is 35.2 Å². The van der Waals surface area contributed by atoms with E-state index in [0.717, 1.165) is 40.0 Å². The second kappa shape index (κ2) is 5.89. The summed E-state index contributed by atoms with van der Waals surface area (Å²) in [5, 5.41) is 17.3. The lowest BCUT2D eigenvalue weighted by Crippen LogP contribution is -2.12. The van der Waals surface area contributed by atoms with Crippen LogP contribution in [0, 0.1) is 12.3 Å². The molecule has 21 heavy (non-hydrogen) atoms. The number of nitrogens with two attached hydrogens (primary N) is 1. The van der Waals surface area contributed by atoms with Crippen LogP contribution in [0.15, 0.2) is 28.3 Å². The molecule has 0 fully saturated rings. The molecule has 5 nitrogen and oxygen atoms in total. The molecule has 2 aromatic rings. The number of aromatic nitrogens is 3. The summed E-state index contributed by atoms with van der Waals surface area (Å²) in [6.45, 7) is 3.02. The Morgan fingerprint density at radius 3 is 2.95 bits per heavy atom. The molecule has 0 radical (unpaired) electrons. The number of hydrogen-bond acceptors (Lipinski definition) is 4. The van der Waals surface area contributed by atoms with Crippen molar-refractivity contribution >= 4 is 17.6 Å². The fraction of sp³-hybridized carbons (Fsp3) is 0.400. The first kappa shape index (κ1) is 14.1. The van der Waals surface area contributed by atoms with Crippen LogP contribution in [0.25, 0.3) is 0 Å². The third-order valence-corrected chi connectivity index (χ3v) is 4.75. The van der Waals surface area contributed by atoms with E-state index in [2.05, 4.69) is 20.8 Å². The summed E-state index contributed by atoms with van der Waals surface area (Å²) in [6, 6.07) is 5.94. The molecule has 0 aliphatic carbocycles. The highest BCUT2D eigenvalue weighted by molar-refractivity contribution is 7.99. The number of nitrogens with one attached hydrogen (secondary N) is 1. The van der Waals surface area contributed by atoms with E-state index < -0.39 is 0 Å². The number of aryl methyl sites for hydroxylation is 2. The topological polar surface area (TPSA) is 80.6 Å². The van der Waals surface area contributed by atoms with E-state index in [1.165, 1.54) is 19.3 Å². The third kappa shape index (κ3) is 2.95. The predicted octanol–water partition coefficient (Wildman–Crippen LogP) is 2.75. The maximum atomic E-state index is 7.72. The highest BCUT2D eigenvalue weighted by Crippen LogP contribution is 2.31. The molecule has 0 saturated heterocycles. The summed E-state index contributed by atoms with van der Waals surface area (Å²) in [6.07, 6.45) is 4.61. The number of rotatable bonds is 3. The van der Waals surface area contributed by atoms with Crippen molar-refractivity contribution in [2.45, 2.75) is 49.2 Å². The average molecular weight is 301 g/mol. The average Bonchev–Trinajstić information content (AvgIpc) is 2.68. The zero-order valence-corrected chi connectivity index (χ0v) is 12.9. The Balaban J connectivity index is 1.96. The van der Waals surface area contributed by atoms with Gasteiger partial charge < -0.3 is 10.3 Å². The quantitative estimate of drug-likeness (QED) is 0.675. The SMILES string of the molecule is Cc1ccc(C(=N)N)c(Sc2nnc3n2CCCCC3)c1. The van der Waals surface area contributed by atoms with Crippen molar-refractivity contribution < 1.29 is 0 Å². The number of nitrogens with zero attached hydrogens (tertiary/aromatic N) is 3. The Labute approximate surface area is 128 Å². The van der Waals surface area contributed by atoms with Gasteiger partial charge in [0.2, 0.25) is 0 Å². The molecule has 1 aliphatic rings. The van der Waals surface area contributed by atoms with Crippen LogP contribution in [0.5, 0.6) is 0 Å². The van der Waals surface area contributed by atoms with Crippen molar-refractivity contribution in [3.63, 3.8) is 0 Å². The van der Waals surface area contributed by atoms with E-state index in [0.29, 0.717) is 0 Å². The maximum absolute atomic E-state index is 7.72. The van der Waals surface area contributed by atoms with Gasteiger partial charge in [0.15, 0.2) is 5.16 Å². The Morgan fingerprint density at radius 1 is 1.29 bits per heavy atom. The van der Waals surface area contributed by atoms with Crippen molar-refractivity contribution in [2.24, 2.45) is 5.73 Å². The van der Waals surface area contributed by atoms with Crippen LogP contribution in [0.1, 0.15) is 36.2 Å². The molecule has 2 heterocycles. The van der Waals surface area contributed by atoms with E-state index in [9.17, 15) is 0 Å². The number of hydrogen-bond donors (Lipinski definition) is 2. The van der Waals surface area contributed by atoms with Crippen LogP contribution >= 0.6 is 11.8 Å². The van der Waals surface area contributed by atoms with Crippen LogP contribution in [-0.2, 0) is 13.0 Å². The van der Waals surface area contributed by atoms with E-state index in [1.54, 1.807) is 11.8 Å². The summed E-state index contributed by atoms with van der Waals surface area (Å²) < 4.78 is 2.21. The molecule has 1 aromatic carbocycles. The van der Waals surface area contributed by atoms with Crippen molar-refractivity contribution in [1.29, 1.82) is 5.41 Å². The molecule has 0 bridgehead atoms. The van der Waals surface area contributed by atoms with Crippen LogP contribution in [0.2, 0.25) is 0 Å². The molecule has 110 valence electrons. The molecule has 0 spiro atoms. The van der Waals surface area contributed by atoms with Crippen LogP contribution in [-0.4, -0.2) is 20.6 Å². The first-order chi connectivity index (χ1) is 10.1. The van der Waals surface area contributed by atoms with Gasteiger partial charge in [-0.15, -0.1) is 10.2 Å². The summed E-state index contributed by atoms with van der Waals surface area (Å²) in [5.41, 5.74) is 7.60. The van der Waals surface area contributed by atoms with Gasteiger partial charge >= 0.3 is 0 Å². The molecular weight excluding hydrogens is 282 g/mol. The highest BCUT2D eigenvalue weighted by atomic mass is 32.2. The summed E-state index contributed by atoms with van der Waals surface area (Å²) in [5.74, 6) is 1.17. The van der Waals surface area contributed by atoms with Gasteiger partial charge in [-0.1, -0.05) is 12.5 Å². The van der Waals surface area contributed by atoms with Crippen LogP contribution < -0.4 is 5.73 Å². The van der Waals surface area contributed by atoms with Crippen molar-refractivity contribution in [2.75, 3.05) is 0 Å². The zero-order valence-electron chi connectivity index (χ0n) is 12.1. The highest BCUT2D eigenvalue weighted by Gasteiger charge is 2.17. The molecule has 0 saturated carbocycles. The van der Waals surface area contributed by atoms with Gasteiger partial charge in [-0.05, 0) is 49.2 Å². The minimum Gasteiger partial charge on any atom is -0.384 e. The maximum Gasteiger partial charge on any atom is 0.196 e. The molecular formula is C15H19N5S. The fourth-order valence-corrected chi connectivity index (χ4v) is 3.69. The van der Waals surface area contributed by atoms with Gasteiger partial charge in [0.05, 0.1) is 0 Å². The minimum atomic E-state index is 0.0908. The predicted molar refractivity (Wildman–Crippen MR) is 83.9 cm³/mol. The van der Waals surface area contributed by atoms with E-state index in [-0.39, 0.29) is 5.84 Å². The summed E-state index contributed by atoms with van der Waals surface area (Å²) >= 11 is 1.56. The van der Waals surface area contributed by atoms with Crippen molar-refractivity contribution in [1.82, 2.24) is 14.8 Å². The fourth-order valence-electron chi connectivity index (χ4n) is 2.57. The molecule has 0 amide bonds. The summed E-state index contributed by atoms with van der Waals surface area (Å²) in [7, 11) is 0. The Morgan fingerprint density at radius 2 is 2.14 bits per heavy atom. The first-order valence-electron chi connectivity index (χ1n) is 7.20. The van der Waals surface area contributed by atoms with Gasteiger partial charge in [-0.25, -0.2) is 0 Å². The Bertz CT molecular complexity index is 677. The van der Waals surface area contributed by atoms with Crippen LogP contribution in [0.4, 0.5) is 0 Å². The third-order valence-electron chi connectivity index (χ3n) is 3.70. The van der Waals surface area contributed by atoms with Gasteiger partial charge in [0.25, 0.3) is 0 Å². The molecule has 3 rings (SSSR count). The lowest BCUT2D eigenvalue weighted by molar-refractivity contribution is 0.591. The number of nitrogen functional groups attached to an aromatic ring is 1. The molecule has 1 aromatic heterocycles. The van der Waals surface area contributed by atoms with Crippen LogP contribution in [0.3, 0.4) is 0 Å². The number of benzene rings is 1. The Kier molecular flexibility index (Phi) is 3.96. The second-order valence-corrected chi connectivity index (χ2v) is 6.39. The zero-order chi connectivity index (χ0) is 14.8. The van der Waals surface area contributed by atoms with Crippen molar-refractivity contribution in [3.8, 4) is 0 Å². The minimum absolute atomic E-state index is 0.0908. The summed E-state index contributed by atoms with van der Waals surface area (Å²) in [4.78, 5) is 0.974. The normalized spacial score (nSPS) is 14.5. The largest absolute Gasteiger partial charge is 0.384 e. The smallest absolute Gasteiger partial charge is 0.196 e. The van der Waals surface area contributed by atoms with Gasteiger partial charge in [0, 0.05) is 23.4 Å². The molecule has 6 heteroatoms. The van der Waals surface area contributed by atoms with E-state index in [1.807, 2.05) is 19.1 Å². The number of amidine groups is 1.